The predicted molar refractivity (Wildman–Crippen MR) is 48.4 cm³/mol. The summed E-state index contributed by atoms with van der Waals surface area (Å²) in [6.07, 6.45) is 1.70. The van der Waals surface area contributed by atoms with Crippen molar-refractivity contribution in [2.75, 3.05) is 0 Å². The first-order valence-electron chi connectivity index (χ1n) is 3.94. The summed E-state index contributed by atoms with van der Waals surface area (Å²) in [6, 6.07) is 0. The van der Waals surface area contributed by atoms with Gasteiger partial charge < -0.3 is 19.8 Å². The number of rotatable bonds is 4. The number of carbonyl (C=O) groups is 2. The number of carbonyl (C=O) groups excluding carboxylic acids is 2. The average molecular weight is 295 g/mol. The van der Waals surface area contributed by atoms with E-state index in [2.05, 4.69) is 0 Å². The molecule has 4 nitrogen and oxygen atoms in total. The van der Waals surface area contributed by atoms with Crippen molar-refractivity contribution in [2.24, 2.45) is 0 Å². The van der Waals surface area contributed by atoms with Crippen LogP contribution < -0.4 is 10.2 Å². The third-order valence-corrected chi connectivity index (χ3v) is 0.908. The van der Waals surface area contributed by atoms with E-state index in [4.69, 9.17) is 0 Å². The maximum atomic E-state index is 9.49. The number of hydrogen-bond acceptors (Lipinski definition) is 4. The predicted octanol–water partition coefficient (Wildman–Crippen LogP) is -1.84. The molecule has 0 N–H and O–H groups in total. The van der Waals surface area contributed by atoms with Crippen LogP contribution in [0.3, 0.4) is 0 Å². The van der Waals surface area contributed by atoms with Crippen molar-refractivity contribution >= 4 is 35.8 Å². The molecule has 0 bridgehead atoms. The molecule has 0 aromatic carbocycles. The first-order valence-corrected chi connectivity index (χ1v) is 3.94. The van der Waals surface area contributed by atoms with Crippen LogP contribution in [-0.2, 0) is 9.59 Å². The van der Waals surface area contributed by atoms with Gasteiger partial charge in [-0.05, 0) is 12.8 Å². The van der Waals surface area contributed by atoms with Gasteiger partial charge in [-0.15, -0.1) is 0 Å². The minimum atomic E-state index is -0.961. The zero-order chi connectivity index (χ0) is 9.98. The summed E-state index contributed by atoms with van der Waals surface area (Å²) in [5, 5.41) is 19.0. The fraction of sp³-hybridized carbons (Fsp3) is 0.750. The summed E-state index contributed by atoms with van der Waals surface area (Å²) in [4.78, 5) is 19.0. The molecule has 0 saturated heterocycles. The van der Waals surface area contributed by atoms with Crippen molar-refractivity contribution in [1.29, 1.82) is 0 Å². The van der Waals surface area contributed by atoms with Crippen LogP contribution in [0.4, 0.5) is 0 Å². The zero-order valence-electron chi connectivity index (χ0n) is 8.17. The summed E-state index contributed by atoms with van der Waals surface area (Å²) in [5.74, 6) is -1.92. The molecule has 0 spiro atoms. The van der Waals surface area contributed by atoms with E-state index in [-0.39, 0.29) is 36.7 Å². The SMILES string of the molecule is CCCC(=O)[O-].CCCC(=O)[O-].[SnH2+2]. The quantitative estimate of drug-likeness (QED) is 0.571. The molecule has 0 aromatic heterocycles. The van der Waals surface area contributed by atoms with E-state index in [9.17, 15) is 19.8 Å². The number of aliphatic carboxylic acids is 2. The molecule has 0 amide bonds. The van der Waals surface area contributed by atoms with Gasteiger partial charge in [0.15, 0.2) is 0 Å². The van der Waals surface area contributed by atoms with Gasteiger partial charge in [-0.2, -0.15) is 0 Å². The molecule has 13 heavy (non-hydrogen) atoms. The van der Waals surface area contributed by atoms with Crippen LogP contribution in [0.25, 0.3) is 0 Å². The van der Waals surface area contributed by atoms with E-state index in [1.165, 1.54) is 0 Å². The van der Waals surface area contributed by atoms with Crippen LogP contribution in [0, 0.1) is 0 Å². The normalized spacial score (nSPS) is 7.54. The van der Waals surface area contributed by atoms with Crippen LogP contribution >= 0.6 is 0 Å². The second-order valence-electron chi connectivity index (χ2n) is 2.24. The number of carboxylic acids is 2. The van der Waals surface area contributed by atoms with Crippen LogP contribution in [0.1, 0.15) is 39.5 Å². The Labute approximate surface area is 95.3 Å². The number of hydrogen-bond donors (Lipinski definition) is 0. The molecule has 76 valence electrons. The van der Waals surface area contributed by atoms with Gasteiger partial charge in [0.1, 0.15) is 0 Å². The topological polar surface area (TPSA) is 80.3 Å². The fourth-order valence-corrected chi connectivity index (χ4v) is 0.408. The van der Waals surface area contributed by atoms with Gasteiger partial charge in [-0.25, -0.2) is 0 Å². The van der Waals surface area contributed by atoms with Crippen molar-refractivity contribution in [3.63, 3.8) is 0 Å². The molecule has 0 aliphatic rings. The van der Waals surface area contributed by atoms with Crippen molar-refractivity contribution in [2.45, 2.75) is 39.5 Å². The molecule has 0 rings (SSSR count). The van der Waals surface area contributed by atoms with Gasteiger partial charge in [-0.1, -0.05) is 26.7 Å². The summed E-state index contributed by atoms with van der Waals surface area (Å²) < 4.78 is 0. The molecule has 0 saturated carbocycles. The van der Waals surface area contributed by atoms with Crippen LogP contribution in [0.5, 0.6) is 0 Å². The molecule has 0 atom stereocenters. The van der Waals surface area contributed by atoms with E-state index in [0.717, 1.165) is 0 Å². The Morgan fingerprint density at radius 3 is 1.15 bits per heavy atom. The monoisotopic (exact) mass is 296 g/mol. The molecule has 5 heteroatoms. The molecule has 0 aliphatic heterocycles. The van der Waals surface area contributed by atoms with Crippen molar-refractivity contribution in [1.82, 2.24) is 0 Å². The molecule has 0 heterocycles. The molecule has 0 fully saturated rings. The fourth-order valence-electron chi connectivity index (χ4n) is 0.408. The van der Waals surface area contributed by atoms with Crippen molar-refractivity contribution in [3.8, 4) is 0 Å². The average Bonchev–Trinajstić information content (AvgIpc) is 1.87. The molecule has 0 aliphatic carbocycles. The van der Waals surface area contributed by atoms with E-state index < -0.39 is 11.9 Å². The molecular weight excluding hydrogens is 279 g/mol. The van der Waals surface area contributed by atoms with Gasteiger partial charge in [0.25, 0.3) is 0 Å². The Morgan fingerprint density at radius 1 is 0.923 bits per heavy atom. The van der Waals surface area contributed by atoms with Gasteiger partial charge in [-0.3, -0.25) is 0 Å². The standard InChI is InChI=1S/2C4H8O2.Sn.2H/c2*1-2-3-4(5)6;;;/h2*2-3H2,1H3,(H,5,6);;;/q;;+2;;/p-2. The second kappa shape index (κ2) is 14.3. The summed E-state index contributed by atoms with van der Waals surface area (Å²) in [6.45, 7) is 3.60. The van der Waals surface area contributed by atoms with Gasteiger partial charge in [0.2, 0.25) is 0 Å². The Balaban J connectivity index is -0.000000143. The van der Waals surface area contributed by atoms with Crippen LogP contribution in [0.15, 0.2) is 0 Å². The Bertz CT molecular complexity index is 120. The third kappa shape index (κ3) is 33.8. The maximum absolute atomic E-state index is 9.49. The second-order valence-corrected chi connectivity index (χ2v) is 2.24. The summed E-state index contributed by atoms with van der Waals surface area (Å²) in [7, 11) is 0. The Kier molecular flexibility index (Phi) is 20.3. The van der Waals surface area contributed by atoms with E-state index >= 15 is 0 Å². The zero-order valence-corrected chi connectivity index (χ0v) is 12.2. The molecule has 0 unspecified atom stereocenters. The molecule has 0 aromatic rings. The Morgan fingerprint density at radius 2 is 1.15 bits per heavy atom. The Hall–Kier alpha value is -0.261. The summed E-state index contributed by atoms with van der Waals surface area (Å²) in [5.41, 5.74) is 0. The molecular formula is C8H16O4Sn. The summed E-state index contributed by atoms with van der Waals surface area (Å²) >= 11 is 0. The van der Waals surface area contributed by atoms with Gasteiger partial charge >= 0.3 is 23.9 Å². The first-order chi connectivity index (χ1) is 5.54. The minimum absolute atomic E-state index is 0. The number of carboxylic acid groups (broad SMARTS) is 2. The van der Waals surface area contributed by atoms with Crippen LogP contribution in [-0.4, -0.2) is 35.8 Å². The van der Waals surface area contributed by atoms with E-state index in [0.29, 0.717) is 12.8 Å². The van der Waals surface area contributed by atoms with Crippen molar-refractivity contribution < 1.29 is 19.8 Å². The van der Waals surface area contributed by atoms with Crippen molar-refractivity contribution in [3.05, 3.63) is 0 Å². The first kappa shape index (κ1) is 18.5. The van der Waals surface area contributed by atoms with E-state index in [1.54, 1.807) is 13.8 Å². The van der Waals surface area contributed by atoms with Gasteiger partial charge in [0.05, 0.1) is 0 Å². The molecule has 0 radical (unpaired) electrons. The van der Waals surface area contributed by atoms with E-state index in [1.807, 2.05) is 0 Å². The third-order valence-electron chi connectivity index (χ3n) is 0.908. The van der Waals surface area contributed by atoms with Crippen LogP contribution in [0.2, 0.25) is 0 Å². The van der Waals surface area contributed by atoms with Gasteiger partial charge in [0, 0.05) is 11.9 Å².